The van der Waals surface area contributed by atoms with Crippen LogP contribution < -0.4 is 10.2 Å². The topological polar surface area (TPSA) is 107 Å². The van der Waals surface area contributed by atoms with E-state index in [0.717, 1.165) is 5.57 Å². The predicted molar refractivity (Wildman–Crippen MR) is 87.6 cm³/mol. The maximum atomic E-state index is 11.6. The molecular formula is C16H15N3O5. The second-order valence-electron chi connectivity index (χ2n) is 4.71. The van der Waals surface area contributed by atoms with Crippen molar-refractivity contribution >= 4 is 23.9 Å². The molecule has 0 unspecified atom stereocenters. The highest BCUT2D eigenvalue weighted by Gasteiger charge is 2.14. The SMILES string of the molecule is CC(/C=N/NC(=O)COc1ccccc1[N+](=O)[O-])=C\c1ccco1. The highest BCUT2D eigenvalue weighted by molar-refractivity contribution is 5.85. The number of nitrogens with one attached hydrogen (secondary N) is 1. The fraction of sp³-hybridized carbons (Fsp3) is 0.125. The molecule has 124 valence electrons. The largest absolute Gasteiger partial charge is 0.477 e. The van der Waals surface area contributed by atoms with Gasteiger partial charge in [0, 0.05) is 6.07 Å². The lowest BCUT2D eigenvalue weighted by Crippen LogP contribution is -2.24. The van der Waals surface area contributed by atoms with Gasteiger partial charge in [-0.3, -0.25) is 14.9 Å². The Balaban J connectivity index is 1.84. The van der Waals surface area contributed by atoms with E-state index >= 15 is 0 Å². The summed E-state index contributed by atoms with van der Waals surface area (Å²) in [6.07, 6.45) is 4.75. The van der Waals surface area contributed by atoms with Gasteiger partial charge in [0.2, 0.25) is 0 Å². The molecule has 0 aliphatic heterocycles. The second kappa shape index (κ2) is 8.28. The van der Waals surface area contributed by atoms with E-state index in [0.29, 0.717) is 5.76 Å². The van der Waals surface area contributed by atoms with Gasteiger partial charge in [-0.1, -0.05) is 12.1 Å². The van der Waals surface area contributed by atoms with Crippen molar-refractivity contribution in [3.63, 3.8) is 0 Å². The quantitative estimate of drug-likeness (QED) is 0.477. The first-order valence-corrected chi connectivity index (χ1v) is 6.96. The number of rotatable bonds is 7. The first kappa shape index (κ1) is 16.9. The van der Waals surface area contributed by atoms with Crippen molar-refractivity contribution in [2.24, 2.45) is 5.10 Å². The summed E-state index contributed by atoms with van der Waals surface area (Å²) in [7, 11) is 0. The zero-order chi connectivity index (χ0) is 17.4. The first-order valence-electron chi connectivity index (χ1n) is 6.96. The number of allylic oxidation sites excluding steroid dienone is 1. The lowest BCUT2D eigenvalue weighted by Gasteiger charge is -2.05. The third-order valence-electron chi connectivity index (χ3n) is 2.79. The van der Waals surface area contributed by atoms with Gasteiger partial charge in [-0.05, 0) is 36.8 Å². The molecule has 0 fully saturated rings. The average molecular weight is 329 g/mol. The number of ether oxygens (including phenoxy) is 1. The van der Waals surface area contributed by atoms with E-state index in [2.05, 4.69) is 10.5 Å². The van der Waals surface area contributed by atoms with Gasteiger partial charge in [-0.25, -0.2) is 5.43 Å². The Morgan fingerprint density at radius 1 is 1.38 bits per heavy atom. The van der Waals surface area contributed by atoms with Gasteiger partial charge in [0.15, 0.2) is 12.4 Å². The molecular weight excluding hydrogens is 314 g/mol. The molecule has 1 N–H and O–H groups in total. The molecule has 0 bridgehead atoms. The Labute approximate surface area is 137 Å². The molecule has 8 heteroatoms. The Bertz CT molecular complexity index is 766. The van der Waals surface area contributed by atoms with Crippen LogP contribution in [0.2, 0.25) is 0 Å². The van der Waals surface area contributed by atoms with Crippen LogP contribution in [-0.2, 0) is 4.79 Å². The molecule has 1 amide bonds. The van der Waals surface area contributed by atoms with Gasteiger partial charge < -0.3 is 9.15 Å². The highest BCUT2D eigenvalue weighted by atomic mass is 16.6. The molecule has 1 aromatic heterocycles. The minimum atomic E-state index is -0.575. The summed E-state index contributed by atoms with van der Waals surface area (Å²) in [6, 6.07) is 9.37. The monoisotopic (exact) mass is 329 g/mol. The number of benzene rings is 1. The zero-order valence-electron chi connectivity index (χ0n) is 12.8. The number of furan rings is 1. The lowest BCUT2D eigenvalue weighted by molar-refractivity contribution is -0.385. The molecule has 0 saturated carbocycles. The lowest BCUT2D eigenvalue weighted by atomic mass is 10.3. The summed E-state index contributed by atoms with van der Waals surface area (Å²) in [4.78, 5) is 21.9. The van der Waals surface area contributed by atoms with Gasteiger partial charge in [-0.2, -0.15) is 5.10 Å². The Morgan fingerprint density at radius 3 is 2.88 bits per heavy atom. The van der Waals surface area contributed by atoms with E-state index < -0.39 is 10.8 Å². The molecule has 0 atom stereocenters. The summed E-state index contributed by atoms with van der Waals surface area (Å²) < 4.78 is 10.3. The third kappa shape index (κ3) is 5.09. The summed E-state index contributed by atoms with van der Waals surface area (Å²) in [6.45, 7) is 1.41. The molecule has 0 radical (unpaired) electrons. The summed E-state index contributed by atoms with van der Waals surface area (Å²) in [5, 5.41) is 14.6. The van der Waals surface area contributed by atoms with Crippen molar-refractivity contribution in [1.82, 2.24) is 5.43 Å². The van der Waals surface area contributed by atoms with E-state index in [-0.39, 0.29) is 18.0 Å². The summed E-state index contributed by atoms with van der Waals surface area (Å²) in [5.74, 6) is 0.163. The highest BCUT2D eigenvalue weighted by Crippen LogP contribution is 2.25. The van der Waals surface area contributed by atoms with E-state index in [1.54, 1.807) is 37.5 Å². The number of hydrogen-bond acceptors (Lipinski definition) is 6. The Kier molecular flexibility index (Phi) is 5.84. The number of nitrogens with zero attached hydrogens (tertiary/aromatic N) is 2. The number of carbonyl (C=O) groups excluding carboxylic acids is 1. The van der Waals surface area contributed by atoms with Gasteiger partial charge in [0.25, 0.3) is 5.91 Å². The van der Waals surface area contributed by atoms with Gasteiger partial charge in [0.05, 0.1) is 17.4 Å². The van der Waals surface area contributed by atoms with Crippen molar-refractivity contribution in [3.8, 4) is 5.75 Å². The number of hydrazone groups is 1. The third-order valence-corrected chi connectivity index (χ3v) is 2.79. The van der Waals surface area contributed by atoms with E-state index in [1.165, 1.54) is 24.4 Å². The van der Waals surface area contributed by atoms with Crippen LogP contribution in [0.1, 0.15) is 12.7 Å². The fourth-order valence-electron chi connectivity index (χ4n) is 1.75. The van der Waals surface area contributed by atoms with E-state index in [1.807, 2.05) is 0 Å². The average Bonchev–Trinajstić information content (AvgIpc) is 3.06. The number of nitro groups is 1. The molecule has 0 spiro atoms. The van der Waals surface area contributed by atoms with Crippen LogP contribution in [0.5, 0.6) is 5.75 Å². The van der Waals surface area contributed by atoms with Crippen LogP contribution in [0.4, 0.5) is 5.69 Å². The van der Waals surface area contributed by atoms with Crippen molar-refractivity contribution in [1.29, 1.82) is 0 Å². The summed E-state index contributed by atoms with van der Waals surface area (Å²) in [5.41, 5.74) is 2.84. The van der Waals surface area contributed by atoms with Gasteiger partial charge in [0.1, 0.15) is 5.76 Å². The molecule has 0 aliphatic rings. The van der Waals surface area contributed by atoms with Crippen LogP contribution in [-0.4, -0.2) is 23.7 Å². The molecule has 0 aliphatic carbocycles. The number of amides is 1. The molecule has 24 heavy (non-hydrogen) atoms. The van der Waals surface area contributed by atoms with Crippen molar-refractivity contribution in [2.75, 3.05) is 6.61 Å². The number of nitro benzene ring substituents is 1. The zero-order valence-corrected chi connectivity index (χ0v) is 12.8. The smallest absolute Gasteiger partial charge is 0.310 e. The molecule has 8 nitrogen and oxygen atoms in total. The van der Waals surface area contributed by atoms with E-state index in [4.69, 9.17) is 9.15 Å². The first-order chi connectivity index (χ1) is 11.6. The van der Waals surface area contributed by atoms with Crippen molar-refractivity contribution < 1.29 is 18.9 Å². The Morgan fingerprint density at radius 2 is 2.17 bits per heavy atom. The molecule has 0 saturated heterocycles. The maximum Gasteiger partial charge on any atom is 0.310 e. The number of hydrogen-bond donors (Lipinski definition) is 1. The molecule has 1 heterocycles. The van der Waals surface area contributed by atoms with Crippen LogP contribution in [0.15, 0.2) is 57.8 Å². The van der Waals surface area contributed by atoms with Crippen molar-refractivity contribution in [2.45, 2.75) is 6.92 Å². The Hall–Kier alpha value is -3.42. The minimum absolute atomic E-state index is 0.0236. The van der Waals surface area contributed by atoms with Crippen molar-refractivity contribution in [3.05, 3.63) is 64.1 Å². The van der Waals surface area contributed by atoms with Crippen LogP contribution >= 0.6 is 0 Å². The van der Waals surface area contributed by atoms with Crippen LogP contribution in [0.3, 0.4) is 0 Å². The number of carbonyl (C=O) groups is 1. The number of para-hydroxylation sites is 2. The molecule has 1 aromatic carbocycles. The predicted octanol–water partition coefficient (Wildman–Crippen LogP) is 2.77. The van der Waals surface area contributed by atoms with Gasteiger partial charge in [-0.15, -0.1) is 0 Å². The fourth-order valence-corrected chi connectivity index (χ4v) is 1.75. The molecule has 2 aromatic rings. The maximum absolute atomic E-state index is 11.6. The van der Waals surface area contributed by atoms with Crippen LogP contribution in [0, 0.1) is 10.1 Å². The second-order valence-corrected chi connectivity index (χ2v) is 4.71. The summed E-state index contributed by atoms with van der Waals surface area (Å²) >= 11 is 0. The van der Waals surface area contributed by atoms with Gasteiger partial charge >= 0.3 is 5.69 Å². The normalized spacial score (nSPS) is 11.5. The van der Waals surface area contributed by atoms with E-state index in [9.17, 15) is 14.9 Å². The standard InChI is InChI=1S/C16H15N3O5/c1-12(9-13-5-4-8-23-13)10-17-18-16(20)11-24-15-7-3-2-6-14(15)19(21)22/h2-10H,11H2,1H3,(H,18,20)/b12-9+,17-10+. The minimum Gasteiger partial charge on any atom is -0.477 e. The van der Waals surface area contributed by atoms with Crippen LogP contribution in [0.25, 0.3) is 6.08 Å². The molecule has 2 rings (SSSR count).